The predicted molar refractivity (Wildman–Crippen MR) is 136 cm³/mol. The average molecular weight is 482 g/mol. The Hall–Kier alpha value is -4.56. The third-order valence-electron chi connectivity index (χ3n) is 5.42. The van der Waals surface area contributed by atoms with Crippen molar-refractivity contribution in [2.24, 2.45) is 0 Å². The van der Waals surface area contributed by atoms with Crippen molar-refractivity contribution in [1.82, 2.24) is 10.5 Å². The first-order valence-corrected chi connectivity index (χ1v) is 11.2. The number of ether oxygens (including phenoxy) is 1. The number of anilines is 1. The van der Waals surface area contributed by atoms with E-state index in [0.717, 1.165) is 5.56 Å². The summed E-state index contributed by atoms with van der Waals surface area (Å²) in [5.74, 6) is 0.650. The van der Waals surface area contributed by atoms with Gasteiger partial charge in [-0.25, -0.2) is 0 Å². The number of hydrogen-bond donors (Lipinski definition) is 1. The predicted octanol–water partition coefficient (Wildman–Crippen LogP) is 5.27. The van der Waals surface area contributed by atoms with Crippen molar-refractivity contribution >= 4 is 40.9 Å². The van der Waals surface area contributed by atoms with Crippen LogP contribution in [-0.4, -0.2) is 22.1 Å². The molecule has 0 atom stereocenters. The lowest BCUT2D eigenvalue weighted by molar-refractivity contribution is -0.122. The molecule has 1 N–H and O–H groups in total. The highest BCUT2D eigenvalue weighted by atomic mass is 32.1. The first kappa shape index (κ1) is 22.2. The van der Waals surface area contributed by atoms with Crippen LogP contribution in [0.3, 0.4) is 0 Å². The van der Waals surface area contributed by atoms with Crippen molar-refractivity contribution < 1.29 is 18.8 Å². The Morgan fingerprint density at radius 3 is 2.23 bits per heavy atom. The first-order chi connectivity index (χ1) is 17.0. The highest BCUT2D eigenvalue weighted by Crippen LogP contribution is 2.30. The summed E-state index contributed by atoms with van der Waals surface area (Å²) in [7, 11) is 0. The molecule has 1 aliphatic rings. The van der Waals surface area contributed by atoms with Crippen molar-refractivity contribution in [2.45, 2.75) is 6.92 Å². The second-order valence-corrected chi connectivity index (χ2v) is 8.12. The molecule has 35 heavy (non-hydrogen) atoms. The summed E-state index contributed by atoms with van der Waals surface area (Å²) >= 11 is 5.31. The van der Waals surface area contributed by atoms with Crippen LogP contribution >= 0.6 is 12.2 Å². The number of carbonyl (C=O) groups excluding carboxylic acids is 2. The number of thiocarbonyl (C=S) groups is 1. The van der Waals surface area contributed by atoms with Gasteiger partial charge in [0.1, 0.15) is 28.5 Å². The van der Waals surface area contributed by atoms with Crippen LogP contribution in [0.5, 0.6) is 11.5 Å². The fourth-order valence-corrected chi connectivity index (χ4v) is 3.96. The van der Waals surface area contributed by atoms with Gasteiger partial charge in [-0.05, 0) is 61.6 Å². The molecule has 0 saturated carbocycles. The third-order valence-corrected chi connectivity index (χ3v) is 5.70. The van der Waals surface area contributed by atoms with Gasteiger partial charge < -0.3 is 9.26 Å². The summed E-state index contributed by atoms with van der Waals surface area (Å²) in [6.45, 7) is 1.73. The number of aromatic nitrogens is 1. The van der Waals surface area contributed by atoms with E-state index in [0.29, 0.717) is 34.2 Å². The minimum Gasteiger partial charge on any atom is -0.457 e. The Balaban J connectivity index is 1.46. The van der Waals surface area contributed by atoms with E-state index < -0.39 is 11.8 Å². The van der Waals surface area contributed by atoms with Gasteiger partial charge in [0.2, 0.25) is 0 Å². The fourth-order valence-electron chi connectivity index (χ4n) is 3.68. The number of aryl methyl sites for hydroxylation is 1. The lowest BCUT2D eigenvalue weighted by Gasteiger charge is -2.29. The van der Waals surface area contributed by atoms with Crippen LogP contribution in [0.15, 0.2) is 95.0 Å². The molecule has 4 aromatic rings. The third kappa shape index (κ3) is 4.47. The molecule has 7 nitrogen and oxygen atoms in total. The molecule has 0 spiro atoms. The molecule has 2 amide bonds. The van der Waals surface area contributed by atoms with Crippen LogP contribution in [0.2, 0.25) is 0 Å². The Kier molecular flexibility index (Phi) is 5.95. The maximum absolute atomic E-state index is 13.4. The topological polar surface area (TPSA) is 84.7 Å². The van der Waals surface area contributed by atoms with Gasteiger partial charge in [-0.15, -0.1) is 0 Å². The summed E-state index contributed by atoms with van der Waals surface area (Å²) in [6.07, 6.45) is 1.49. The van der Waals surface area contributed by atoms with Crippen LogP contribution < -0.4 is 15.0 Å². The van der Waals surface area contributed by atoms with E-state index in [-0.39, 0.29) is 10.7 Å². The number of rotatable bonds is 5. The molecule has 0 unspecified atom stereocenters. The molecule has 3 aromatic carbocycles. The summed E-state index contributed by atoms with van der Waals surface area (Å²) < 4.78 is 11.2. The molecule has 0 aliphatic carbocycles. The lowest BCUT2D eigenvalue weighted by Crippen LogP contribution is -2.54. The Morgan fingerprint density at radius 1 is 0.914 bits per heavy atom. The maximum atomic E-state index is 13.4. The van der Waals surface area contributed by atoms with Crippen molar-refractivity contribution in [3.63, 3.8) is 0 Å². The number of hydrogen-bond acceptors (Lipinski definition) is 6. The van der Waals surface area contributed by atoms with Gasteiger partial charge in [0.05, 0.1) is 5.69 Å². The van der Waals surface area contributed by atoms with E-state index in [2.05, 4.69) is 10.5 Å². The van der Waals surface area contributed by atoms with Gasteiger partial charge >= 0.3 is 0 Å². The zero-order valence-electron chi connectivity index (χ0n) is 18.6. The van der Waals surface area contributed by atoms with E-state index in [4.69, 9.17) is 21.5 Å². The SMILES string of the molecule is Cc1onc(-c2ccccc2)c1/C=C1/C(=O)NC(=S)N(c2ccc(Oc3ccccc3)cc2)C1=O. The summed E-state index contributed by atoms with van der Waals surface area (Å²) in [5, 5.41) is 6.72. The number of nitrogens with zero attached hydrogens (tertiary/aromatic N) is 2. The highest BCUT2D eigenvalue weighted by Gasteiger charge is 2.35. The zero-order valence-corrected chi connectivity index (χ0v) is 19.4. The van der Waals surface area contributed by atoms with Crippen LogP contribution in [0.4, 0.5) is 5.69 Å². The van der Waals surface area contributed by atoms with Crippen molar-refractivity contribution in [3.05, 3.63) is 102 Å². The zero-order chi connectivity index (χ0) is 24.4. The summed E-state index contributed by atoms with van der Waals surface area (Å²) in [4.78, 5) is 27.5. The molecule has 1 saturated heterocycles. The van der Waals surface area contributed by atoms with Gasteiger partial charge in [-0.1, -0.05) is 53.7 Å². The lowest BCUT2D eigenvalue weighted by atomic mass is 10.0. The number of benzene rings is 3. The highest BCUT2D eigenvalue weighted by molar-refractivity contribution is 7.80. The quantitative estimate of drug-likeness (QED) is 0.237. The summed E-state index contributed by atoms with van der Waals surface area (Å²) in [5.41, 5.74) is 2.32. The fraction of sp³-hybridized carbons (Fsp3) is 0.0370. The molecular formula is C27H19N3O4S. The standard InChI is InChI=1S/C27H19N3O4S/c1-17-22(24(29-34-17)18-8-4-2-5-9-18)16-23-25(31)28-27(35)30(26(23)32)19-12-14-21(15-13-19)33-20-10-6-3-7-11-20/h2-16H,1H3,(H,28,31,35)/b23-16-. The Morgan fingerprint density at radius 2 is 1.54 bits per heavy atom. The summed E-state index contributed by atoms with van der Waals surface area (Å²) in [6, 6.07) is 25.6. The van der Waals surface area contributed by atoms with E-state index in [1.54, 1.807) is 31.2 Å². The second kappa shape index (κ2) is 9.36. The van der Waals surface area contributed by atoms with Crippen molar-refractivity contribution in [3.8, 4) is 22.8 Å². The van der Waals surface area contributed by atoms with Crippen LogP contribution in [0.1, 0.15) is 11.3 Å². The molecule has 172 valence electrons. The van der Waals surface area contributed by atoms with Crippen LogP contribution in [0.25, 0.3) is 17.3 Å². The first-order valence-electron chi connectivity index (χ1n) is 10.8. The number of carbonyl (C=O) groups is 2. The minimum atomic E-state index is -0.583. The molecule has 1 aliphatic heterocycles. The van der Waals surface area contributed by atoms with Gasteiger partial charge in [0.15, 0.2) is 5.11 Å². The molecule has 1 fully saturated rings. The van der Waals surface area contributed by atoms with Gasteiger partial charge in [-0.2, -0.15) is 0 Å². The molecular weight excluding hydrogens is 462 g/mol. The monoisotopic (exact) mass is 481 g/mol. The number of nitrogens with one attached hydrogen (secondary N) is 1. The molecule has 1 aromatic heterocycles. The number of amides is 2. The van der Waals surface area contributed by atoms with Crippen LogP contribution in [0, 0.1) is 6.92 Å². The number of para-hydroxylation sites is 1. The average Bonchev–Trinajstić information content (AvgIpc) is 3.24. The maximum Gasteiger partial charge on any atom is 0.270 e. The van der Waals surface area contributed by atoms with E-state index >= 15 is 0 Å². The van der Waals surface area contributed by atoms with Crippen molar-refractivity contribution in [1.29, 1.82) is 0 Å². The van der Waals surface area contributed by atoms with Gasteiger partial charge in [0, 0.05) is 11.1 Å². The molecule has 0 bridgehead atoms. The van der Waals surface area contributed by atoms with E-state index in [1.807, 2.05) is 60.7 Å². The van der Waals surface area contributed by atoms with Gasteiger partial charge in [-0.3, -0.25) is 19.8 Å². The minimum absolute atomic E-state index is 0.000740. The largest absolute Gasteiger partial charge is 0.457 e. The normalized spacial score (nSPS) is 14.8. The van der Waals surface area contributed by atoms with Gasteiger partial charge in [0.25, 0.3) is 11.8 Å². The Labute approximate surface area is 206 Å². The second-order valence-electron chi connectivity index (χ2n) is 7.73. The van der Waals surface area contributed by atoms with E-state index in [9.17, 15) is 9.59 Å². The van der Waals surface area contributed by atoms with E-state index in [1.165, 1.54) is 11.0 Å². The Bertz CT molecular complexity index is 1450. The van der Waals surface area contributed by atoms with Crippen molar-refractivity contribution in [2.75, 3.05) is 4.90 Å². The molecule has 8 heteroatoms. The van der Waals surface area contributed by atoms with Crippen LogP contribution in [-0.2, 0) is 9.59 Å². The molecule has 2 heterocycles. The smallest absolute Gasteiger partial charge is 0.270 e. The molecule has 0 radical (unpaired) electrons. The molecule has 5 rings (SSSR count).